The summed E-state index contributed by atoms with van der Waals surface area (Å²) in [5.41, 5.74) is 2.22. The highest BCUT2D eigenvalue weighted by Crippen LogP contribution is 2.07. The highest BCUT2D eigenvalue weighted by atomic mass is 31.0. The molecule has 0 fully saturated rings. The summed E-state index contributed by atoms with van der Waals surface area (Å²) in [4.78, 5) is 0. The van der Waals surface area contributed by atoms with Crippen LogP contribution in [0.15, 0.2) is 60.7 Å². The molecule has 0 radical (unpaired) electrons. The van der Waals surface area contributed by atoms with Crippen LogP contribution in [0.4, 0.5) is 0 Å². The second-order valence-electron chi connectivity index (χ2n) is 3.79. The zero-order valence-corrected chi connectivity index (χ0v) is 11.2. The Balaban J connectivity index is 0.00000144. The van der Waals surface area contributed by atoms with Gasteiger partial charge in [-0.2, -0.15) is 15.0 Å². The number of hydrogen-bond donors (Lipinski definition) is 1. The van der Waals surface area contributed by atoms with Crippen LogP contribution in [0.5, 0.6) is 0 Å². The quantitative estimate of drug-likeness (QED) is 0.662. The fourth-order valence-corrected chi connectivity index (χ4v) is 1.64. The van der Waals surface area contributed by atoms with E-state index in [4.69, 9.17) is 0 Å². The first-order valence-corrected chi connectivity index (χ1v) is 5.36. The smallest absolute Gasteiger partial charge is 0.0492 e. The molecule has 2 rings (SSSR count). The Morgan fingerprint density at radius 2 is 1.06 bits per heavy atom. The van der Waals surface area contributed by atoms with Crippen molar-refractivity contribution in [3.05, 3.63) is 71.8 Å². The molecule has 1 unspecified atom stereocenters. The third kappa shape index (κ3) is 4.66. The second-order valence-corrected chi connectivity index (χ2v) is 3.79. The van der Waals surface area contributed by atoms with Gasteiger partial charge in [-0.25, -0.2) is 0 Å². The fourth-order valence-electron chi connectivity index (χ4n) is 1.64. The Hall–Kier alpha value is -1.21. The third-order valence-electron chi connectivity index (χ3n) is 2.42. The Labute approximate surface area is 105 Å². The van der Waals surface area contributed by atoms with Crippen LogP contribution in [-0.4, -0.2) is 10.3 Å². The molecule has 90 valence electrons. The summed E-state index contributed by atoms with van der Waals surface area (Å²) in [7, 11) is 0. The molecule has 17 heavy (non-hydrogen) atoms. The van der Waals surface area contributed by atoms with Crippen LogP contribution in [-0.2, 0) is 13.1 Å². The molecule has 0 aromatic heterocycles. The van der Waals surface area contributed by atoms with Gasteiger partial charge in [0, 0.05) is 13.1 Å². The van der Waals surface area contributed by atoms with Gasteiger partial charge in [-0.3, -0.25) is 0 Å². The molecule has 1 N–H and O–H groups in total. The Kier molecular flexibility index (Phi) is 5.85. The summed E-state index contributed by atoms with van der Waals surface area (Å²) in [5, 5.41) is 11.1. The van der Waals surface area contributed by atoms with E-state index in [0.29, 0.717) is 13.1 Å². The maximum atomic E-state index is 9.79. The molecule has 0 saturated carbocycles. The third-order valence-corrected chi connectivity index (χ3v) is 2.42. The van der Waals surface area contributed by atoms with Crippen molar-refractivity contribution in [1.82, 2.24) is 5.06 Å². The summed E-state index contributed by atoms with van der Waals surface area (Å²) in [5.74, 6) is 0. The monoisotopic (exact) mass is 247 g/mol. The molecule has 0 aliphatic rings. The lowest BCUT2D eigenvalue weighted by atomic mass is 10.2. The number of hydroxylamine groups is 2. The number of hydrogen-bond acceptors (Lipinski definition) is 2. The lowest BCUT2D eigenvalue weighted by Gasteiger charge is -2.14. The molecule has 3 heteroatoms. The highest BCUT2D eigenvalue weighted by molar-refractivity contribution is 6.92. The van der Waals surface area contributed by atoms with E-state index >= 15 is 0 Å². The average molecular weight is 247 g/mol. The molecule has 2 aromatic rings. The van der Waals surface area contributed by atoms with Crippen LogP contribution in [0.25, 0.3) is 0 Å². The molecule has 0 saturated heterocycles. The highest BCUT2D eigenvalue weighted by Gasteiger charge is 2.02. The van der Waals surface area contributed by atoms with Crippen LogP contribution < -0.4 is 0 Å². The van der Waals surface area contributed by atoms with Crippen molar-refractivity contribution in [2.75, 3.05) is 0 Å². The van der Waals surface area contributed by atoms with Gasteiger partial charge in [-0.1, -0.05) is 60.7 Å². The lowest BCUT2D eigenvalue weighted by molar-refractivity contribution is -0.108. The minimum atomic E-state index is 0. The van der Waals surface area contributed by atoms with E-state index < -0.39 is 0 Å². The predicted molar refractivity (Wildman–Crippen MR) is 75.0 cm³/mol. The SMILES string of the molecule is ON(Cc1ccccc1)Cc1ccccc1.P. The molecule has 0 heterocycles. The van der Waals surface area contributed by atoms with E-state index in [9.17, 15) is 5.21 Å². The van der Waals surface area contributed by atoms with Crippen molar-refractivity contribution in [3.63, 3.8) is 0 Å². The van der Waals surface area contributed by atoms with Crippen LogP contribution in [0.2, 0.25) is 0 Å². The van der Waals surface area contributed by atoms with E-state index in [1.807, 2.05) is 60.7 Å². The summed E-state index contributed by atoms with van der Waals surface area (Å²) < 4.78 is 0. The second kappa shape index (κ2) is 7.18. The maximum absolute atomic E-state index is 9.79. The van der Waals surface area contributed by atoms with Crippen LogP contribution in [0, 0.1) is 0 Å². The summed E-state index contributed by atoms with van der Waals surface area (Å²) in [6.07, 6.45) is 0. The fraction of sp³-hybridized carbons (Fsp3) is 0.143. The topological polar surface area (TPSA) is 23.5 Å². The lowest BCUT2D eigenvalue weighted by Crippen LogP contribution is -2.17. The van der Waals surface area contributed by atoms with Gasteiger partial charge in [0.25, 0.3) is 0 Å². The largest absolute Gasteiger partial charge is 0.313 e. The van der Waals surface area contributed by atoms with Gasteiger partial charge in [-0.15, -0.1) is 0 Å². The predicted octanol–water partition coefficient (Wildman–Crippen LogP) is 3.14. The molecular weight excluding hydrogens is 229 g/mol. The first kappa shape index (κ1) is 13.9. The number of rotatable bonds is 4. The van der Waals surface area contributed by atoms with Gasteiger partial charge in [0.1, 0.15) is 0 Å². The molecule has 1 atom stereocenters. The molecule has 0 spiro atoms. The zero-order chi connectivity index (χ0) is 11.2. The summed E-state index contributed by atoms with van der Waals surface area (Å²) in [6, 6.07) is 19.9. The van der Waals surface area contributed by atoms with Gasteiger partial charge < -0.3 is 5.21 Å². The van der Waals surface area contributed by atoms with Crippen molar-refractivity contribution >= 4 is 9.90 Å². The van der Waals surface area contributed by atoms with Crippen molar-refractivity contribution in [2.45, 2.75) is 13.1 Å². The van der Waals surface area contributed by atoms with E-state index in [0.717, 1.165) is 11.1 Å². The van der Waals surface area contributed by atoms with Gasteiger partial charge in [0.2, 0.25) is 0 Å². The van der Waals surface area contributed by atoms with Gasteiger partial charge in [-0.05, 0) is 11.1 Å². The molecule has 2 nitrogen and oxygen atoms in total. The first-order chi connectivity index (χ1) is 7.84. The first-order valence-electron chi connectivity index (χ1n) is 5.36. The zero-order valence-electron chi connectivity index (χ0n) is 9.79. The maximum Gasteiger partial charge on any atom is 0.0492 e. The van der Waals surface area contributed by atoms with E-state index in [1.165, 1.54) is 5.06 Å². The van der Waals surface area contributed by atoms with Crippen molar-refractivity contribution < 1.29 is 5.21 Å². The standard InChI is InChI=1S/C14H15NO.H3P/c16-15(11-13-7-3-1-4-8-13)12-14-9-5-2-6-10-14;/h1-10,16H,11-12H2;1H3. The van der Waals surface area contributed by atoms with Crippen LogP contribution >= 0.6 is 9.90 Å². The van der Waals surface area contributed by atoms with Gasteiger partial charge in [0.05, 0.1) is 0 Å². The molecule has 2 aromatic carbocycles. The molecule has 0 amide bonds. The molecule has 0 aliphatic carbocycles. The average Bonchev–Trinajstić information content (AvgIpc) is 2.31. The number of benzene rings is 2. The number of nitrogens with zero attached hydrogens (tertiary/aromatic N) is 1. The van der Waals surface area contributed by atoms with Crippen molar-refractivity contribution in [2.24, 2.45) is 0 Å². The Morgan fingerprint density at radius 3 is 1.41 bits per heavy atom. The summed E-state index contributed by atoms with van der Waals surface area (Å²) in [6.45, 7) is 1.10. The van der Waals surface area contributed by atoms with E-state index in [2.05, 4.69) is 0 Å². The van der Waals surface area contributed by atoms with Crippen molar-refractivity contribution in [3.8, 4) is 0 Å². The van der Waals surface area contributed by atoms with E-state index in [1.54, 1.807) is 0 Å². The minimum absolute atomic E-state index is 0. The van der Waals surface area contributed by atoms with Crippen LogP contribution in [0.1, 0.15) is 11.1 Å². The minimum Gasteiger partial charge on any atom is -0.313 e. The van der Waals surface area contributed by atoms with Gasteiger partial charge >= 0.3 is 0 Å². The Bertz CT molecular complexity index is 377. The Morgan fingerprint density at radius 1 is 0.706 bits per heavy atom. The van der Waals surface area contributed by atoms with E-state index in [-0.39, 0.29) is 9.90 Å². The van der Waals surface area contributed by atoms with Crippen LogP contribution in [0.3, 0.4) is 0 Å². The summed E-state index contributed by atoms with van der Waals surface area (Å²) >= 11 is 0. The van der Waals surface area contributed by atoms with Gasteiger partial charge in [0.15, 0.2) is 0 Å². The molecule has 0 bridgehead atoms. The normalized spacial score (nSPS) is 10.0. The molecule has 0 aliphatic heterocycles. The molecular formula is C14H18NOP. The van der Waals surface area contributed by atoms with Crippen molar-refractivity contribution in [1.29, 1.82) is 0 Å².